The number of hydrogen-bond donors (Lipinski definition) is 2. The first-order valence-electron chi connectivity index (χ1n) is 1.44. The summed E-state index contributed by atoms with van der Waals surface area (Å²) in [4.78, 5) is 0. The van der Waals surface area contributed by atoms with Crippen molar-refractivity contribution in [3.8, 4) is 0 Å². The van der Waals surface area contributed by atoms with E-state index < -0.39 is 0 Å². The van der Waals surface area contributed by atoms with Crippen molar-refractivity contribution >= 4 is 5.84 Å². The SMILES string of the molecule is C/C(N)=N/N=N.[HH]. The standard InChI is InChI=1S/C2H6N4.H2/c1-2(3)5-6-4;/h1H3,(H3,3,4,5);1H. The molecule has 0 aliphatic carbocycles. The van der Waals surface area contributed by atoms with Crippen LogP contribution in [0.3, 0.4) is 0 Å². The van der Waals surface area contributed by atoms with Gasteiger partial charge in [-0.2, -0.15) is 5.53 Å². The summed E-state index contributed by atoms with van der Waals surface area (Å²) in [6.07, 6.45) is 0. The predicted octanol–water partition coefficient (Wildman–Crippen LogP) is 0.555. The Morgan fingerprint density at radius 3 is 2.50 bits per heavy atom. The summed E-state index contributed by atoms with van der Waals surface area (Å²) in [5, 5.41) is 5.76. The Bertz CT molecular complexity index is 73.8. The third-order valence-corrected chi connectivity index (χ3v) is 0.208. The fourth-order valence-electron chi connectivity index (χ4n) is 0.0789. The van der Waals surface area contributed by atoms with Crippen molar-refractivity contribution in [2.45, 2.75) is 6.92 Å². The molecule has 0 aromatic rings. The van der Waals surface area contributed by atoms with Crippen molar-refractivity contribution in [3.63, 3.8) is 0 Å². The molecule has 4 heteroatoms. The second-order valence-corrected chi connectivity index (χ2v) is 0.841. The molecule has 0 amide bonds. The smallest absolute Gasteiger partial charge is 0.121 e. The van der Waals surface area contributed by atoms with Gasteiger partial charge >= 0.3 is 0 Å². The van der Waals surface area contributed by atoms with Crippen molar-refractivity contribution in [1.29, 1.82) is 5.53 Å². The summed E-state index contributed by atoms with van der Waals surface area (Å²) in [7, 11) is 0. The Kier molecular flexibility index (Phi) is 1.96. The van der Waals surface area contributed by atoms with Crippen LogP contribution in [0.1, 0.15) is 8.35 Å². The van der Waals surface area contributed by atoms with Gasteiger partial charge in [-0.05, 0) is 6.92 Å². The van der Waals surface area contributed by atoms with E-state index in [1.165, 1.54) is 0 Å². The molecule has 0 heterocycles. The molecule has 3 N–H and O–H groups in total. The van der Waals surface area contributed by atoms with Crippen LogP contribution in [0.4, 0.5) is 0 Å². The van der Waals surface area contributed by atoms with Crippen molar-refractivity contribution < 1.29 is 1.43 Å². The molecule has 0 fully saturated rings. The lowest BCUT2D eigenvalue weighted by molar-refractivity contribution is 0.984. The predicted molar refractivity (Wildman–Crippen MR) is 24.6 cm³/mol. The molecule has 6 heavy (non-hydrogen) atoms. The van der Waals surface area contributed by atoms with E-state index in [1.54, 1.807) is 6.92 Å². The zero-order chi connectivity index (χ0) is 4.99. The first kappa shape index (κ1) is 5.07. The van der Waals surface area contributed by atoms with Crippen LogP contribution in [-0.2, 0) is 0 Å². The largest absolute Gasteiger partial charge is 0.386 e. The average Bonchev–Trinajstić information content (AvgIpc) is 1.35. The van der Waals surface area contributed by atoms with Gasteiger partial charge in [0.15, 0.2) is 0 Å². The van der Waals surface area contributed by atoms with Crippen molar-refractivity contribution in [3.05, 3.63) is 0 Å². The summed E-state index contributed by atoms with van der Waals surface area (Å²) in [5.74, 6) is 0.310. The Labute approximate surface area is 37.0 Å². The van der Waals surface area contributed by atoms with E-state index in [-0.39, 0.29) is 1.43 Å². The van der Waals surface area contributed by atoms with E-state index >= 15 is 0 Å². The highest BCUT2D eigenvalue weighted by Gasteiger charge is 1.67. The normalized spacial score (nSPS) is 11.2. The molecule has 36 valence electrons. The third-order valence-electron chi connectivity index (χ3n) is 0.208. The number of nitrogens with one attached hydrogen (secondary N) is 1. The van der Waals surface area contributed by atoms with Crippen LogP contribution in [0.25, 0.3) is 0 Å². The van der Waals surface area contributed by atoms with Crippen LogP contribution >= 0.6 is 0 Å². The zero-order valence-electron chi connectivity index (χ0n) is 3.47. The minimum atomic E-state index is 0. The Balaban J connectivity index is 0. The van der Waals surface area contributed by atoms with E-state index in [0.29, 0.717) is 5.84 Å². The van der Waals surface area contributed by atoms with Gasteiger partial charge in [0.2, 0.25) is 0 Å². The minimum Gasteiger partial charge on any atom is -0.386 e. The third kappa shape index (κ3) is 3.07. The highest BCUT2D eigenvalue weighted by molar-refractivity contribution is 5.77. The van der Waals surface area contributed by atoms with Crippen LogP contribution in [0.15, 0.2) is 10.3 Å². The van der Waals surface area contributed by atoms with Gasteiger partial charge < -0.3 is 5.73 Å². The molecule has 0 atom stereocenters. The molecule has 0 radical (unpaired) electrons. The molecule has 0 aliphatic rings. The number of nitrogens with two attached hydrogens (primary N) is 1. The molecule has 0 unspecified atom stereocenters. The van der Waals surface area contributed by atoms with E-state index in [9.17, 15) is 0 Å². The van der Waals surface area contributed by atoms with Gasteiger partial charge in [-0.1, -0.05) is 5.22 Å². The Morgan fingerprint density at radius 2 is 2.50 bits per heavy atom. The maximum Gasteiger partial charge on any atom is 0.121 e. The molecule has 4 nitrogen and oxygen atoms in total. The number of nitrogens with zero attached hydrogens (tertiary/aromatic N) is 2. The van der Waals surface area contributed by atoms with E-state index in [2.05, 4.69) is 10.3 Å². The molecular formula is C2H8N4. The first-order valence-corrected chi connectivity index (χ1v) is 1.44. The van der Waals surface area contributed by atoms with Gasteiger partial charge in [-0.3, -0.25) is 0 Å². The summed E-state index contributed by atoms with van der Waals surface area (Å²) >= 11 is 0. The lowest BCUT2D eigenvalue weighted by Crippen LogP contribution is -2.03. The molecule has 0 rings (SSSR count). The second kappa shape index (κ2) is 2.32. The Hall–Kier alpha value is -0.930. The lowest BCUT2D eigenvalue weighted by atomic mass is 10.7. The van der Waals surface area contributed by atoms with Crippen LogP contribution < -0.4 is 5.73 Å². The van der Waals surface area contributed by atoms with Gasteiger partial charge in [-0.15, -0.1) is 5.10 Å². The molecule has 0 bridgehead atoms. The van der Waals surface area contributed by atoms with Crippen molar-refractivity contribution in [1.82, 2.24) is 0 Å². The molecule has 0 saturated heterocycles. The molecule has 0 aromatic heterocycles. The maximum absolute atomic E-state index is 6.09. The van der Waals surface area contributed by atoms with E-state index in [1.807, 2.05) is 0 Å². The maximum atomic E-state index is 6.09. The van der Waals surface area contributed by atoms with Crippen molar-refractivity contribution in [2.75, 3.05) is 0 Å². The fourth-order valence-corrected chi connectivity index (χ4v) is 0.0789. The fraction of sp³-hybridized carbons (Fsp3) is 0.500. The van der Waals surface area contributed by atoms with Gasteiger partial charge in [0, 0.05) is 1.43 Å². The van der Waals surface area contributed by atoms with Crippen LogP contribution in [0.5, 0.6) is 0 Å². The quantitative estimate of drug-likeness (QED) is 0.209. The number of hydrogen-bond acceptors (Lipinski definition) is 2. The highest BCUT2D eigenvalue weighted by atomic mass is 15.3. The highest BCUT2D eigenvalue weighted by Crippen LogP contribution is 1.64. The van der Waals surface area contributed by atoms with Gasteiger partial charge in [-0.25, -0.2) is 0 Å². The van der Waals surface area contributed by atoms with E-state index in [0.717, 1.165) is 0 Å². The van der Waals surface area contributed by atoms with Crippen molar-refractivity contribution in [2.24, 2.45) is 16.1 Å². The first-order chi connectivity index (χ1) is 2.77. The molecule has 0 aliphatic heterocycles. The summed E-state index contributed by atoms with van der Waals surface area (Å²) in [6, 6.07) is 0. The van der Waals surface area contributed by atoms with Gasteiger partial charge in [0.1, 0.15) is 5.84 Å². The minimum absolute atomic E-state index is 0. The molecular weight excluding hydrogens is 80.0 g/mol. The number of amidine groups is 1. The topological polar surface area (TPSA) is 74.6 Å². The zero-order valence-corrected chi connectivity index (χ0v) is 3.47. The average molecular weight is 88.1 g/mol. The summed E-state index contributed by atoms with van der Waals surface area (Å²) in [5.41, 5.74) is 11.0. The van der Waals surface area contributed by atoms with Gasteiger partial charge in [0.05, 0.1) is 0 Å². The second-order valence-electron chi connectivity index (χ2n) is 0.841. The lowest BCUT2D eigenvalue weighted by Gasteiger charge is -1.74. The Morgan fingerprint density at radius 1 is 2.00 bits per heavy atom. The van der Waals surface area contributed by atoms with Crippen LogP contribution in [-0.4, -0.2) is 5.84 Å². The summed E-state index contributed by atoms with van der Waals surface area (Å²) in [6.45, 7) is 1.57. The van der Waals surface area contributed by atoms with Crippen LogP contribution in [0.2, 0.25) is 0 Å². The number of rotatable bonds is 1. The van der Waals surface area contributed by atoms with E-state index in [4.69, 9.17) is 11.3 Å². The summed E-state index contributed by atoms with van der Waals surface area (Å²) < 4.78 is 0. The molecule has 0 spiro atoms. The molecule has 0 aromatic carbocycles. The molecule has 0 saturated carbocycles. The van der Waals surface area contributed by atoms with Gasteiger partial charge in [0.25, 0.3) is 0 Å². The van der Waals surface area contributed by atoms with Crippen LogP contribution in [0, 0.1) is 5.53 Å². The monoisotopic (exact) mass is 88.1 g/mol.